The Kier molecular flexibility index (Phi) is 6.38. The molecule has 19 heavy (non-hydrogen) atoms. The third kappa shape index (κ3) is 4.25. The predicted octanol–water partition coefficient (Wildman–Crippen LogP) is 3.11. The van der Waals surface area contributed by atoms with Gasteiger partial charge in [-0.05, 0) is 31.6 Å². The van der Waals surface area contributed by atoms with E-state index in [1.165, 1.54) is 0 Å². The summed E-state index contributed by atoms with van der Waals surface area (Å²) in [6.45, 7) is 6.06. The second kappa shape index (κ2) is 7.56. The molecule has 0 radical (unpaired) electrons. The number of carboxylic acid groups (broad SMARTS) is 1. The van der Waals surface area contributed by atoms with Crippen LogP contribution in [0.25, 0.3) is 0 Å². The van der Waals surface area contributed by atoms with Gasteiger partial charge in [0.2, 0.25) is 0 Å². The molecule has 0 saturated heterocycles. The van der Waals surface area contributed by atoms with Crippen molar-refractivity contribution in [1.29, 1.82) is 0 Å². The van der Waals surface area contributed by atoms with Crippen molar-refractivity contribution in [2.45, 2.75) is 38.8 Å². The van der Waals surface area contributed by atoms with Crippen molar-refractivity contribution in [3.63, 3.8) is 0 Å². The SMILES string of the molecule is CCCSCC(NC(C)C)(C(=O)O)c1ccccc1. The number of rotatable bonds is 8. The molecule has 0 aromatic heterocycles. The number of carboxylic acids is 1. The molecule has 1 atom stereocenters. The smallest absolute Gasteiger partial charge is 0.329 e. The van der Waals surface area contributed by atoms with Gasteiger partial charge in [-0.3, -0.25) is 5.32 Å². The Morgan fingerprint density at radius 3 is 2.47 bits per heavy atom. The van der Waals surface area contributed by atoms with Gasteiger partial charge >= 0.3 is 5.97 Å². The average Bonchev–Trinajstić information content (AvgIpc) is 2.38. The second-order valence-electron chi connectivity index (χ2n) is 4.93. The molecule has 0 aliphatic carbocycles. The fourth-order valence-corrected chi connectivity index (χ4v) is 3.15. The second-order valence-corrected chi connectivity index (χ2v) is 6.03. The molecule has 1 unspecified atom stereocenters. The molecule has 2 N–H and O–H groups in total. The first-order valence-corrected chi connectivity index (χ1v) is 7.82. The summed E-state index contributed by atoms with van der Waals surface area (Å²) in [5.41, 5.74) is -0.185. The Labute approximate surface area is 119 Å². The fraction of sp³-hybridized carbons (Fsp3) is 0.533. The Morgan fingerprint density at radius 1 is 1.37 bits per heavy atom. The van der Waals surface area contributed by atoms with Crippen LogP contribution in [-0.2, 0) is 10.3 Å². The largest absolute Gasteiger partial charge is 0.480 e. The molecule has 0 aliphatic rings. The van der Waals surface area contributed by atoms with Gasteiger partial charge in [0.05, 0.1) is 0 Å². The maximum Gasteiger partial charge on any atom is 0.329 e. The standard InChI is InChI=1S/C15H23NO2S/c1-4-10-19-11-15(14(17)18,16-12(2)3)13-8-6-5-7-9-13/h5-9,12,16H,4,10-11H2,1-3H3,(H,17,18). The van der Waals surface area contributed by atoms with Gasteiger partial charge in [-0.1, -0.05) is 37.3 Å². The first-order chi connectivity index (χ1) is 9.03. The molecule has 0 saturated carbocycles. The highest BCUT2D eigenvalue weighted by Gasteiger charge is 2.40. The van der Waals surface area contributed by atoms with Crippen LogP contribution in [-0.4, -0.2) is 28.6 Å². The van der Waals surface area contributed by atoms with Crippen LogP contribution >= 0.6 is 11.8 Å². The van der Waals surface area contributed by atoms with Gasteiger partial charge in [0.25, 0.3) is 0 Å². The van der Waals surface area contributed by atoms with Crippen molar-refractivity contribution >= 4 is 17.7 Å². The topological polar surface area (TPSA) is 49.3 Å². The maximum absolute atomic E-state index is 11.9. The minimum absolute atomic E-state index is 0.110. The summed E-state index contributed by atoms with van der Waals surface area (Å²) in [6, 6.07) is 9.56. The monoisotopic (exact) mass is 281 g/mol. The summed E-state index contributed by atoms with van der Waals surface area (Å²) in [7, 11) is 0. The van der Waals surface area contributed by atoms with E-state index in [0.717, 1.165) is 17.7 Å². The number of hydrogen-bond acceptors (Lipinski definition) is 3. The van der Waals surface area contributed by atoms with E-state index in [1.807, 2.05) is 44.2 Å². The summed E-state index contributed by atoms with van der Waals surface area (Å²) < 4.78 is 0. The molecule has 3 nitrogen and oxygen atoms in total. The van der Waals surface area contributed by atoms with Crippen LogP contribution in [0.4, 0.5) is 0 Å². The highest BCUT2D eigenvalue weighted by atomic mass is 32.2. The van der Waals surface area contributed by atoms with E-state index in [0.29, 0.717) is 5.75 Å². The van der Waals surface area contributed by atoms with Gasteiger partial charge in [-0.25, -0.2) is 4.79 Å². The molecule has 4 heteroatoms. The zero-order chi connectivity index (χ0) is 14.3. The van der Waals surface area contributed by atoms with Crippen LogP contribution in [0.3, 0.4) is 0 Å². The third-order valence-electron chi connectivity index (χ3n) is 2.83. The lowest BCUT2D eigenvalue weighted by Crippen LogP contribution is -2.54. The molecule has 1 aromatic carbocycles. The molecule has 0 heterocycles. The van der Waals surface area contributed by atoms with Crippen molar-refractivity contribution in [1.82, 2.24) is 5.32 Å². The lowest BCUT2D eigenvalue weighted by atomic mass is 9.91. The van der Waals surface area contributed by atoms with Crippen LogP contribution in [0.5, 0.6) is 0 Å². The van der Waals surface area contributed by atoms with E-state index in [1.54, 1.807) is 11.8 Å². The van der Waals surface area contributed by atoms with E-state index in [9.17, 15) is 9.90 Å². The molecule has 1 aromatic rings. The minimum Gasteiger partial charge on any atom is -0.480 e. The van der Waals surface area contributed by atoms with Crippen molar-refractivity contribution < 1.29 is 9.90 Å². The van der Waals surface area contributed by atoms with Crippen molar-refractivity contribution in [2.24, 2.45) is 0 Å². The number of benzene rings is 1. The first-order valence-electron chi connectivity index (χ1n) is 6.67. The van der Waals surface area contributed by atoms with E-state index in [4.69, 9.17) is 0 Å². The fourth-order valence-electron chi connectivity index (χ4n) is 2.04. The quantitative estimate of drug-likeness (QED) is 0.719. The van der Waals surface area contributed by atoms with Crippen LogP contribution < -0.4 is 5.32 Å². The van der Waals surface area contributed by atoms with E-state index in [-0.39, 0.29) is 6.04 Å². The Hall–Kier alpha value is -1.00. The van der Waals surface area contributed by atoms with Crippen LogP contribution in [0, 0.1) is 0 Å². The summed E-state index contributed by atoms with van der Waals surface area (Å²) in [4.78, 5) is 11.9. The zero-order valence-electron chi connectivity index (χ0n) is 11.8. The zero-order valence-corrected chi connectivity index (χ0v) is 12.7. The molecule has 0 fully saturated rings. The highest BCUT2D eigenvalue weighted by Crippen LogP contribution is 2.27. The Balaban J connectivity index is 3.08. The lowest BCUT2D eigenvalue weighted by Gasteiger charge is -2.33. The molecule has 0 aliphatic heterocycles. The van der Waals surface area contributed by atoms with E-state index >= 15 is 0 Å². The average molecular weight is 281 g/mol. The highest BCUT2D eigenvalue weighted by molar-refractivity contribution is 7.99. The Bertz CT molecular complexity index is 394. The number of aliphatic carboxylic acids is 1. The van der Waals surface area contributed by atoms with Crippen LogP contribution in [0.1, 0.15) is 32.8 Å². The molecule has 0 amide bonds. The summed E-state index contributed by atoms with van der Waals surface area (Å²) >= 11 is 1.68. The van der Waals surface area contributed by atoms with E-state index in [2.05, 4.69) is 12.2 Å². The summed E-state index contributed by atoms with van der Waals surface area (Å²) in [5, 5.41) is 13.0. The van der Waals surface area contributed by atoms with Crippen LogP contribution in [0.2, 0.25) is 0 Å². The number of hydrogen-bond donors (Lipinski definition) is 2. The van der Waals surface area contributed by atoms with Crippen LogP contribution in [0.15, 0.2) is 30.3 Å². The number of carbonyl (C=O) groups is 1. The van der Waals surface area contributed by atoms with Gasteiger partial charge in [-0.2, -0.15) is 11.8 Å². The predicted molar refractivity (Wildman–Crippen MR) is 81.6 cm³/mol. The van der Waals surface area contributed by atoms with Gasteiger partial charge in [0, 0.05) is 11.8 Å². The van der Waals surface area contributed by atoms with Gasteiger partial charge in [0.15, 0.2) is 5.54 Å². The summed E-state index contributed by atoms with van der Waals surface area (Å²) in [5.74, 6) is 0.705. The normalized spacial score (nSPS) is 14.3. The maximum atomic E-state index is 11.9. The minimum atomic E-state index is -1.00. The molecule has 0 spiro atoms. The molecular weight excluding hydrogens is 258 g/mol. The van der Waals surface area contributed by atoms with Gasteiger partial charge in [-0.15, -0.1) is 0 Å². The van der Waals surface area contributed by atoms with Crippen molar-refractivity contribution in [3.05, 3.63) is 35.9 Å². The number of nitrogens with one attached hydrogen (secondary N) is 1. The first kappa shape index (κ1) is 16.1. The third-order valence-corrected chi connectivity index (χ3v) is 4.17. The van der Waals surface area contributed by atoms with Gasteiger partial charge in [0.1, 0.15) is 0 Å². The molecule has 106 valence electrons. The Morgan fingerprint density at radius 2 is 2.00 bits per heavy atom. The van der Waals surface area contributed by atoms with Crippen molar-refractivity contribution in [3.8, 4) is 0 Å². The molecular formula is C15H23NO2S. The number of thioether (sulfide) groups is 1. The van der Waals surface area contributed by atoms with E-state index < -0.39 is 11.5 Å². The molecule has 1 rings (SSSR count). The lowest BCUT2D eigenvalue weighted by molar-refractivity contribution is -0.144. The molecule has 0 bridgehead atoms. The summed E-state index contributed by atoms with van der Waals surface area (Å²) in [6.07, 6.45) is 1.05. The van der Waals surface area contributed by atoms with Crippen molar-refractivity contribution in [2.75, 3.05) is 11.5 Å². The van der Waals surface area contributed by atoms with Gasteiger partial charge < -0.3 is 5.11 Å².